The summed E-state index contributed by atoms with van der Waals surface area (Å²) in [6, 6.07) is 1.77. The van der Waals surface area contributed by atoms with Gasteiger partial charge in [0.1, 0.15) is 11.1 Å². The molecule has 1 N–H and O–H groups in total. The molecule has 128 valence electrons. The Bertz CT molecular complexity index is 730. The van der Waals surface area contributed by atoms with Crippen molar-refractivity contribution < 1.29 is 22.8 Å². The van der Waals surface area contributed by atoms with Crippen molar-refractivity contribution in [1.29, 1.82) is 5.26 Å². The number of hydrogen-bond acceptors (Lipinski definition) is 5. The maximum atomic E-state index is 13.1. The topological polar surface area (TPSA) is 86.1 Å². The molecule has 1 atom stereocenters. The maximum Gasteiger partial charge on any atom is 0.417 e. The first-order chi connectivity index (χ1) is 11.1. The summed E-state index contributed by atoms with van der Waals surface area (Å²) >= 11 is 0.731. The third kappa shape index (κ3) is 3.62. The van der Waals surface area contributed by atoms with E-state index in [2.05, 4.69) is 10.3 Å². The summed E-state index contributed by atoms with van der Waals surface area (Å²) in [6.45, 7) is 3.35. The Morgan fingerprint density at radius 1 is 1.54 bits per heavy atom. The Balaban J connectivity index is 2.32. The van der Waals surface area contributed by atoms with Gasteiger partial charge in [-0.15, -0.1) is 0 Å². The van der Waals surface area contributed by atoms with Crippen molar-refractivity contribution >= 4 is 23.7 Å². The third-order valence-corrected chi connectivity index (χ3v) is 4.36. The number of imide groups is 1. The Kier molecular flexibility index (Phi) is 5.03. The van der Waals surface area contributed by atoms with E-state index < -0.39 is 34.5 Å². The zero-order valence-electron chi connectivity index (χ0n) is 12.8. The highest BCUT2D eigenvalue weighted by Crippen LogP contribution is 2.37. The van der Waals surface area contributed by atoms with E-state index in [-0.39, 0.29) is 17.3 Å². The van der Waals surface area contributed by atoms with E-state index in [1.54, 1.807) is 0 Å². The standard InChI is InChI=1S/C14H13F3N4O2S/c1-7-5-10(14(15,16)17)9(6-18)11(20-7)24-8(2)12(22)21-4-3-19-13(21)23/h5,8H,3-4H2,1-2H3,(H,19,23). The summed E-state index contributed by atoms with van der Waals surface area (Å²) in [4.78, 5) is 28.7. The molecular formula is C14H13F3N4O2S. The van der Waals surface area contributed by atoms with E-state index in [4.69, 9.17) is 5.26 Å². The molecule has 1 aliphatic heterocycles. The number of thioether (sulfide) groups is 1. The fourth-order valence-corrected chi connectivity index (χ4v) is 3.21. The van der Waals surface area contributed by atoms with Gasteiger partial charge in [-0.25, -0.2) is 9.78 Å². The number of nitrogens with one attached hydrogen (secondary N) is 1. The fraction of sp³-hybridized carbons (Fsp3) is 0.429. The molecule has 24 heavy (non-hydrogen) atoms. The molecule has 6 nitrogen and oxygen atoms in total. The average Bonchev–Trinajstić information content (AvgIpc) is 2.91. The summed E-state index contributed by atoms with van der Waals surface area (Å²) in [5, 5.41) is 10.5. The second-order valence-electron chi connectivity index (χ2n) is 5.08. The number of alkyl halides is 3. The van der Waals surface area contributed by atoms with Crippen LogP contribution in [0.25, 0.3) is 0 Å². The van der Waals surface area contributed by atoms with E-state index in [1.807, 2.05) is 0 Å². The summed E-state index contributed by atoms with van der Waals surface area (Å²) in [6.07, 6.45) is -4.70. The lowest BCUT2D eigenvalue weighted by Gasteiger charge is -2.18. The monoisotopic (exact) mass is 358 g/mol. The minimum Gasteiger partial charge on any atom is -0.336 e. The van der Waals surface area contributed by atoms with Crippen LogP contribution in [0.5, 0.6) is 0 Å². The molecule has 1 unspecified atom stereocenters. The lowest BCUT2D eigenvalue weighted by molar-refractivity contribution is -0.138. The quantitative estimate of drug-likeness (QED) is 0.838. The highest BCUT2D eigenvalue weighted by molar-refractivity contribution is 8.00. The number of hydrogen-bond donors (Lipinski definition) is 1. The van der Waals surface area contributed by atoms with Crippen LogP contribution in [0, 0.1) is 18.3 Å². The molecule has 0 aliphatic carbocycles. The number of carbonyl (C=O) groups excluding carboxylic acids is 2. The zero-order chi connectivity index (χ0) is 18.1. The second-order valence-corrected chi connectivity index (χ2v) is 6.41. The molecule has 10 heteroatoms. The molecule has 0 bridgehead atoms. The van der Waals surface area contributed by atoms with Crippen molar-refractivity contribution in [2.24, 2.45) is 0 Å². The van der Waals surface area contributed by atoms with Crippen LogP contribution in [0.1, 0.15) is 23.7 Å². The number of rotatable bonds is 3. The molecule has 1 fully saturated rings. The molecule has 0 radical (unpaired) electrons. The number of pyridine rings is 1. The van der Waals surface area contributed by atoms with E-state index in [0.29, 0.717) is 6.54 Å². The van der Waals surface area contributed by atoms with Crippen LogP contribution in [0.2, 0.25) is 0 Å². The second kappa shape index (κ2) is 6.68. The number of nitrogens with zero attached hydrogens (tertiary/aromatic N) is 3. The molecular weight excluding hydrogens is 345 g/mol. The number of nitriles is 1. The Hall–Kier alpha value is -2.28. The first-order valence-corrected chi connectivity index (χ1v) is 7.78. The van der Waals surface area contributed by atoms with E-state index in [1.165, 1.54) is 19.9 Å². The summed E-state index contributed by atoms with van der Waals surface area (Å²) in [5.74, 6) is -0.546. The van der Waals surface area contributed by atoms with Gasteiger partial charge in [-0.1, -0.05) is 11.8 Å². The van der Waals surface area contributed by atoms with Gasteiger partial charge < -0.3 is 5.32 Å². The number of aryl methyl sites for hydroxylation is 1. The lowest BCUT2D eigenvalue weighted by Crippen LogP contribution is -2.39. The van der Waals surface area contributed by atoms with Gasteiger partial charge >= 0.3 is 12.2 Å². The van der Waals surface area contributed by atoms with Gasteiger partial charge in [0.2, 0.25) is 5.91 Å². The predicted octanol–water partition coefficient (Wildman–Crippen LogP) is 2.31. The fourth-order valence-electron chi connectivity index (χ4n) is 2.18. The van der Waals surface area contributed by atoms with Crippen LogP contribution in [0.3, 0.4) is 0 Å². The number of halogens is 3. The minimum absolute atomic E-state index is 0.0855. The summed E-state index contributed by atoms with van der Waals surface area (Å²) in [7, 11) is 0. The van der Waals surface area contributed by atoms with Crippen molar-refractivity contribution in [3.8, 4) is 6.07 Å². The molecule has 2 rings (SSSR count). The molecule has 2 heterocycles. The summed E-state index contributed by atoms with van der Waals surface area (Å²) < 4.78 is 39.2. The third-order valence-electron chi connectivity index (χ3n) is 3.29. The van der Waals surface area contributed by atoms with E-state index in [9.17, 15) is 22.8 Å². The van der Waals surface area contributed by atoms with Gasteiger partial charge in [0.05, 0.1) is 16.4 Å². The minimum atomic E-state index is -4.70. The zero-order valence-corrected chi connectivity index (χ0v) is 13.6. The Morgan fingerprint density at radius 3 is 2.71 bits per heavy atom. The van der Waals surface area contributed by atoms with Crippen molar-refractivity contribution in [3.63, 3.8) is 0 Å². The van der Waals surface area contributed by atoms with Crippen LogP contribution < -0.4 is 5.32 Å². The van der Waals surface area contributed by atoms with Crippen molar-refractivity contribution in [1.82, 2.24) is 15.2 Å². The normalized spacial score (nSPS) is 15.8. The Labute approximate surface area is 140 Å². The molecule has 1 aromatic heterocycles. The highest BCUT2D eigenvalue weighted by atomic mass is 32.2. The number of urea groups is 1. The van der Waals surface area contributed by atoms with Gasteiger partial charge in [0.15, 0.2) is 0 Å². The largest absolute Gasteiger partial charge is 0.417 e. The Morgan fingerprint density at radius 2 is 2.21 bits per heavy atom. The van der Waals surface area contributed by atoms with Crippen LogP contribution in [-0.2, 0) is 11.0 Å². The number of aromatic nitrogens is 1. The van der Waals surface area contributed by atoms with Crippen LogP contribution in [0.15, 0.2) is 11.1 Å². The predicted molar refractivity (Wildman–Crippen MR) is 79.1 cm³/mol. The molecule has 0 spiro atoms. The molecule has 1 aliphatic rings. The van der Waals surface area contributed by atoms with Crippen LogP contribution in [0.4, 0.5) is 18.0 Å². The van der Waals surface area contributed by atoms with Crippen LogP contribution in [-0.4, -0.2) is 40.2 Å². The molecule has 1 saturated heterocycles. The van der Waals surface area contributed by atoms with Crippen molar-refractivity contribution in [2.45, 2.75) is 30.3 Å². The number of amides is 3. The first kappa shape index (κ1) is 18.1. The number of carbonyl (C=O) groups is 2. The van der Waals surface area contributed by atoms with Crippen LogP contribution >= 0.6 is 11.8 Å². The van der Waals surface area contributed by atoms with E-state index in [0.717, 1.165) is 22.7 Å². The highest BCUT2D eigenvalue weighted by Gasteiger charge is 2.37. The van der Waals surface area contributed by atoms with Gasteiger partial charge in [-0.05, 0) is 19.9 Å². The summed E-state index contributed by atoms with van der Waals surface area (Å²) in [5.41, 5.74) is -1.62. The van der Waals surface area contributed by atoms with Crippen molar-refractivity contribution in [3.05, 3.63) is 22.9 Å². The van der Waals surface area contributed by atoms with Gasteiger partial charge in [-0.2, -0.15) is 18.4 Å². The molecule has 3 amide bonds. The van der Waals surface area contributed by atoms with E-state index >= 15 is 0 Å². The smallest absolute Gasteiger partial charge is 0.336 e. The molecule has 1 aromatic rings. The maximum absolute atomic E-state index is 13.1. The SMILES string of the molecule is Cc1cc(C(F)(F)F)c(C#N)c(SC(C)C(=O)N2CCNC2=O)n1. The van der Waals surface area contributed by atoms with Gasteiger partial charge in [0, 0.05) is 18.8 Å². The average molecular weight is 358 g/mol. The van der Waals surface area contributed by atoms with Gasteiger partial charge in [0.25, 0.3) is 0 Å². The van der Waals surface area contributed by atoms with Gasteiger partial charge in [-0.3, -0.25) is 9.69 Å². The van der Waals surface area contributed by atoms with Crippen molar-refractivity contribution in [2.75, 3.05) is 13.1 Å². The molecule has 0 saturated carbocycles. The first-order valence-electron chi connectivity index (χ1n) is 6.90. The lowest BCUT2D eigenvalue weighted by atomic mass is 10.1. The molecule has 0 aromatic carbocycles.